The van der Waals surface area contributed by atoms with E-state index in [1.807, 2.05) is 37.3 Å². The summed E-state index contributed by atoms with van der Waals surface area (Å²) in [5, 5.41) is 12.7. The molecule has 2 aromatic heterocycles. The van der Waals surface area contributed by atoms with Crippen LogP contribution in [0.2, 0.25) is 0 Å². The minimum absolute atomic E-state index is 0.0352. The molecule has 224 valence electrons. The van der Waals surface area contributed by atoms with Gasteiger partial charge in [-0.15, -0.1) is 0 Å². The molecule has 0 aliphatic carbocycles. The Balaban J connectivity index is 1.30. The maximum absolute atomic E-state index is 14.9. The molecule has 1 saturated heterocycles. The lowest BCUT2D eigenvalue weighted by atomic mass is 9.85. The van der Waals surface area contributed by atoms with Crippen molar-refractivity contribution < 1.29 is 23.8 Å². The van der Waals surface area contributed by atoms with Crippen LogP contribution in [-0.4, -0.2) is 51.8 Å². The van der Waals surface area contributed by atoms with Crippen molar-refractivity contribution in [3.63, 3.8) is 0 Å². The number of para-hydroxylation sites is 2. The van der Waals surface area contributed by atoms with Gasteiger partial charge in [0.15, 0.2) is 17.3 Å². The van der Waals surface area contributed by atoms with Gasteiger partial charge >= 0.3 is 5.97 Å². The van der Waals surface area contributed by atoms with Crippen molar-refractivity contribution in [2.45, 2.75) is 46.1 Å². The first-order valence-electron chi connectivity index (χ1n) is 14.4. The molecule has 9 nitrogen and oxygen atoms in total. The third-order valence-corrected chi connectivity index (χ3v) is 7.29. The number of aromatic nitrogens is 3. The summed E-state index contributed by atoms with van der Waals surface area (Å²) in [6.45, 7) is 7.31. The Morgan fingerprint density at radius 2 is 1.88 bits per heavy atom. The van der Waals surface area contributed by atoms with Crippen molar-refractivity contribution in [2.24, 2.45) is 5.41 Å². The van der Waals surface area contributed by atoms with Gasteiger partial charge in [0.25, 0.3) is 0 Å². The number of nitrogens with zero attached hydrogens (tertiary/aromatic N) is 4. The van der Waals surface area contributed by atoms with Gasteiger partial charge in [-0.1, -0.05) is 30.3 Å². The van der Waals surface area contributed by atoms with Crippen LogP contribution in [0.1, 0.15) is 39.2 Å². The predicted molar refractivity (Wildman–Crippen MR) is 164 cm³/mol. The molecular formula is C33H36FN5O4. The lowest BCUT2D eigenvalue weighted by molar-refractivity contribution is -0.146. The average molecular weight is 586 g/mol. The number of nitrogens with one attached hydrogen (secondary N) is 1. The van der Waals surface area contributed by atoms with Gasteiger partial charge in [-0.05, 0) is 75.9 Å². The number of piperidine rings is 1. The number of rotatable bonds is 11. The molecule has 3 heterocycles. The fourth-order valence-corrected chi connectivity index (χ4v) is 5.07. The van der Waals surface area contributed by atoms with E-state index in [2.05, 4.69) is 20.2 Å². The molecule has 5 rings (SSSR count). The summed E-state index contributed by atoms with van der Waals surface area (Å²) in [6.07, 6.45) is 5.44. The Kier molecular flexibility index (Phi) is 9.04. The first kappa shape index (κ1) is 29.8. The number of carboxylic acid groups (broad SMARTS) is 1. The number of benzene rings is 2. The highest BCUT2D eigenvalue weighted by molar-refractivity contribution is 5.74. The van der Waals surface area contributed by atoms with Gasteiger partial charge < -0.3 is 24.8 Å². The summed E-state index contributed by atoms with van der Waals surface area (Å²) in [6, 6.07) is 17.7. The number of ether oxygens (including phenoxy) is 2. The number of pyridine rings is 1. The van der Waals surface area contributed by atoms with Gasteiger partial charge in [-0.2, -0.15) is 0 Å². The first-order valence-corrected chi connectivity index (χ1v) is 14.4. The zero-order chi connectivity index (χ0) is 30.4. The van der Waals surface area contributed by atoms with E-state index >= 15 is 0 Å². The molecule has 1 unspecified atom stereocenters. The van der Waals surface area contributed by atoms with E-state index < -0.39 is 17.2 Å². The summed E-state index contributed by atoms with van der Waals surface area (Å²) in [5.41, 5.74) is 0.553. The van der Waals surface area contributed by atoms with Gasteiger partial charge in [-0.3, -0.25) is 9.78 Å². The second-order valence-corrected chi connectivity index (χ2v) is 11.2. The maximum Gasteiger partial charge on any atom is 0.309 e. The summed E-state index contributed by atoms with van der Waals surface area (Å²) in [5.74, 6) is 1.67. The fraction of sp³-hybridized carbons (Fsp3) is 0.333. The van der Waals surface area contributed by atoms with Crippen LogP contribution in [0.5, 0.6) is 11.5 Å². The molecular weight excluding hydrogens is 549 g/mol. The van der Waals surface area contributed by atoms with Crippen LogP contribution in [0.4, 0.5) is 21.8 Å². The number of anilines is 3. The highest BCUT2D eigenvalue weighted by atomic mass is 19.1. The van der Waals surface area contributed by atoms with Crippen molar-refractivity contribution in [1.82, 2.24) is 15.0 Å². The molecule has 2 N–H and O–H groups in total. The van der Waals surface area contributed by atoms with E-state index in [-0.39, 0.29) is 11.8 Å². The molecule has 1 aliphatic heterocycles. The lowest BCUT2D eigenvalue weighted by Gasteiger charge is -2.33. The molecule has 1 aliphatic rings. The largest absolute Gasteiger partial charge is 0.490 e. The van der Waals surface area contributed by atoms with E-state index in [9.17, 15) is 14.3 Å². The quantitative estimate of drug-likeness (QED) is 0.203. The van der Waals surface area contributed by atoms with Crippen molar-refractivity contribution in [1.29, 1.82) is 0 Å². The van der Waals surface area contributed by atoms with E-state index in [1.165, 1.54) is 6.07 Å². The van der Waals surface area contributed by atoms with Crippen LogP contribution in [0, 0.1) is 11.2 Å². The smallest absolute Gasteiger partial charge is 0.309 e. The number of halogens is 1. The normalized spacial score (nSPS) is 15.2. The third kappa shape index (κ3) is 7.38. The molecule has 1 atom stereocenters. The minimum atomic E-state index is -0.952. The highest BCUT2D eigenvalue weighted by Gasteiger charge is 2.28. The molecule has 2 aromatic carbocycles. The Bertz CT molecular complexity index is 1580. The minimum Gasteiger partial charge on any atom is -0.490 e. The Morgan fingerprint density at radius 3 is 2.67 bits per heavy atom. The second kappa shape index (κ2) is 13.1. The standard InChI is InChI=1S/C33H36FN5O4/c1-4-42-26-12-5-6-13-27(26)43-24-11-8-16-39(21-24)30-20-35-19-29(37-30)36-28-15-14-25(34)31(38-28)23-10-7-9-22(17-23)18-33(2,3)32(40)41/h5-7,9-10,12-15,17,19-20,24H,4,8,11,16,18,21H2,1-3H3,(H,40,41)(H,36,37,38). The highest BCUT2D eigenvalue weighted by Crippen LogP contribution is 2.31. The molecule has 1 fully saturated rings. The van der Waals surface area contributed by atoms with E-state index in [4.69, 9.17) is 14.5 Å². The zero-order valence-corrected chi connectivity index (χ0v) is 24.6. The van der Waals surface area contributed by atoms with Gasteiger partial charge in [0.1, 0.15) is 29.3 Å². The first-order chi connectivity index (χ1) is 20.7. The van der Waals surface area contributed by atoms with Crippen molar-refractivity contribution in [2.75, 3.05) is 29.9 Å². The third-order valence-electron chi connectivity index (χ3n) is 7.29. The molecule has 43 heavy (non-hydrogen) atoms. The Labute approximate surface area is 250 Å². The molecule has 10 heteroatoms. The van der Waals surface area contributed by atoms with E-state index in [0.29, 0.717) is 42.6 Å². The number of carboxylic acids is 1. The molecule has 0 spiro atoms. The van der Waals surface area contributed by atoms with Crippen LogP contribution in [0.15, 0.2) is 73.1 Å². The van der Waals surface area contributed by atoms with Crippen molar-refractivity contribution in [3.8, 4) is 22.8 Å². The van der Waals surface area contributed by atoms with Crippen molar-refractivity contribution >= 4 is 23.4 Å². The molecule has 4 aromatic rings. The van der Waals surface area contributed by atoms with E-state index in [1.54, 1.807) is 50.5 Å². The lowest BCUT2D eigenvalue weighted by Crippen LogP contribution is -2.41. The monoisotopic (exact) mass is 585 g/mol. The van der Waals surface area contributed by atoms with Crippen LogP contribution in [0.3, 0.4) is 0 Å². The Hall–Kier alpha value is -4.73. The fourth-order valence-electron chi connectivity index (χ4n) is 5.07. The molecule has 0 radical (unpaired) electrons. The van der Waals surface area contributed by atoms with Crippen molar-refractivity contribution in [3.05, 3.63) is 84.4 Å². The Morgan fingerprint density at radius 1 is 1.07 bits per heavy atom. The van der Waals surface area contributed by atoms with Crippen LogP contribution >= 0.6 is 0 Å². The zero-order valence-electron chi connectivity index (χ0n) is 24.6. The van der Waals surface area contributed by atoms with Crippen LogP contribution in [-0.2, 0) is 11.2 Å². The number of carbonyl (C=O) groups is 1. The molecule has 0 bridgehead atoms. The van der Waals surface area contributed by atoms with Gasteiger partial charge in [0.05, 0.1) is 31.0 Å². The second-order valence-electron chi connectivity index (χ2n) is 11.2. The summed E-state index contributed by atoms with van der Waals surface area (Å²) in [4.78, 5) is 27.4. The van der Waals surface area contributed by atoms with E-state index in [0.717, 1.165) is 36.4 Å². The van der Waals surface area contributed by atoms with Crippen LogP contribution in [0.25, 0.3) is 11.3 Å². The SMILES string of the molecule is CCOc1ccccc1OC1CCCN(c2cncc(Nc3ccc(F)c(-c4cccc(CC(C)(C)C(=O)O)c4)n3)n2)C1. The van der Waals surface area contributed by atoms with Crippen LogP contribution < -0.4 is 19.7 Å². The average Bonchev–Trinajstić information content (AvgIpc) is 2.99. The summed E-state index contributed by atoms with van der Waals surface area (Å²) >= 11 is 0. The topological polar surface area (TPSA) is 110 Å². The number of hydrogen-bond donors (Lipinski definition) is 2. The molecule has 0 amide bonds. The van der Waals surface area contributed by atoms with Gasteiger partial charge in [0.2, 0.25) is 0 Å². The predicted octanol–water partition coefficient (Wildman–Crippen LogP) is 6.52. The van der Waals surface area contributed by atoms with Gasteiger partial charge in [-0.25, -0.2) is 14.4 Å². The summed E-state index contributed by atoms with van der Waals surface area (Å²) in [7, 11) is 0. The molecule has 0 saturated carbocycles. The number of aliphatic carboxylic acids is 1. The summed E-state index contributed by atoms with van der Waals surface area (Å²) < 4.78 is 27.0. The number of hydrogen-bond acceptors (Lipinski definition) is 8. The van der Waals surface area contributed by atoms with Gasteiger partial charge in [0, 0.05) is 12.1 Å². The maximum atomic E-state index is 14.9.